The number of carbonyl (C=O) groups excluding carboxylic acids is 2. The molecule has 8 heteroatoms. The Bertz CT molecular complexity index is 1080. The molecule has 2 aliphatic heterocycles. The molecule has 0 aliphatic carbocycles. The molecular weight excluding hydrogens is 414 g/mol. The zero-order valence-corrected chi connectivity index (χ0v) is 17.9. The third-order valence-corrected chi connectivity index (χ3v) is 6.35. The number of aromatic amines is 1. The van der Waals surface area contributed by atoms with Gasteiger partial charge >= 0.3 is 0 Å². The molecule has 1 unspecified atom stereocenters. The van der Waals surface area contributed by atoms with Crippen molar-refractivity contribution < 1.29 is 9.59 Å². The number of para-hydroxylation sites is 2. The van der Waals surface area contributed by atoms with Gasteiger partial charge in [-0.3, -0.25) is 9.59 Å². The topological polar surface area (TPSA) is 72.5 Å². The van der Waals surface area contributed by atoms with Gasteiger partial charge in [0.2, 0.25) is 17.8 Å². The normalized spacial score (nSPS) is 19.8. The van der Waals surface area contributed by atoms with Crippen molar-refractivity contribution in [2.75, 3.05) is 42.5 Å². The number of nitrogens with one attached hydrogen (secondary N) is 1. The van der Waals surface area contributed by atoms with Gasteiger partial charge in [0.05, 0.1) is 17.0 Å². The van der Waals surface area contributed by atoms with Gasteiger partial charge in [0.1, 0.15) is 0 Å². The first kappa shape index (κ1) is 19.9. The van der Waals surface area contributed by atoms with Crippen molar-refractivity contribution in [3.63, 3.8) is 0 Å². The molecule has 1 N–H and O–H groups in total. The summed E-state index contributed by atoms with van der Waals surface area (Å²) in [6, 6.07) is 15.2. The summed E-state index contributed by atoms with van der Waals surface area (Å²) in [6.07, 6.45) is 1.12. The van der Waals surface area contributed by atoms with E-state index in [9.17, 15) is 9.59 Å². The van der Waals surface area contributed by atoms with Gasteiger partial charge < -0.3 is 19.7 Å². The number of rotatable bonds is 3. The van der Waals surface area contributed by atoms with E-state index in [0.717, 1.165) is 35.6 Å². The highest BCUT2D eigenvalue weighted by atomic mass is 35.5. The van der Waals surface area contributed by atoms with Crippen LogP contribution in [-0.4, -0.2) is 59.4 Å². The Balaban J connectivity index is 1.24. The third kappa shape index (κ3) is 3.97. The van der Waals surface area contributed by atoms with E-state index in [2.05, 4.69) is 9.88 Å². The molecule has 7 nitrogen and oxygen atoms in total. The van der Waals surface area contributed by atoms with Crippen LogP contribution in [0.1, 0.15) is 12.8 Å². The maximum Gasteiger partial charge on any atom is 0.228 e. The van der Waals surface area contributed by atoms with Gasteiger partial charge in [0, 0.05) is 49.9 Å². The molecule has 3 heterocycles. The smallest absolute Gasteiger partial charge is 0.228 e. The van der Waals surface area contributed by atoms with Crippen LogP contribution in [0.15, 0.2) is 48.5 Å². The zero-order chi connectivity index (χ0) is 21.4. The summed E-state index contributed by atoms with van der Waals surface area (Å²) in [5.41, 5.74) is 2.75. The highest BCUT2D eigenvalue weighted by Gasteiger charge is 2.37. The van der Waals surface area contributed by atoms with Crippen LogP contribution < -0.4 is 9.80 Å². The Kier molecular flexibility index (Phi) is 5.28. The fourth-order valence-electron chi connectivity index (χ4n) is 4.44. The predicted octanol–water partition coefficient (Wildman–Crippen LogP) is 3.31. The van der Waals surface area contributed by atoms with Crippen molar-refractivity contribution in [2.24, 2.45) is 5.92 Å². The lowest BCUT2D eigenvalue weighted by Crippen LogP contribution is -2.40. The van der Waals surface area contributed by atoms with Crippen molar-refractivity contribution in [1.82, 2.24) is 14.9 Å². The molecule has 1 atom stereocenters. The standard InChI is InChI=1S/C23H24ClN5O2/c24-17-6-8-18(9-7-17)29-15-16(14-21(29)30)22(31)27-10-3-11-28(13-12-27)23-25-19-4-1-2-5-20(19)26-23/h1-2,4-9,16H,3,10-15H2,(H,25,26). The molecule has 0 bridgehead atoms. The van der Waals surface area contributed by atoms with E-state index < -0.39 is 0 Å². The van der Waals surface area contributed by atoms with Gasteiger partial charge in [0.15, 0.2) is 0 Å². The maximum atomic E-state index is 13.2. The Morgan fingerprint density at radius 2 is 1.84 bits per heavy atom. The number of aromatic nitrogens is 2. The SMILES string of the molecule is O=C(C1CC(=O)N(c2ccc(Cl)cc2)C1)N1CCCN(c2nc3ccccc3[nH]2)CC1. The number of hydrogen-bond donors (Lipinski definition) is 1. The summed E-state index contributed by atoms with van der Waals surface area (Å²) in [7, 11) is 0. The van der Waals surface area contributed by atoms with E-state index in [4.69, 9.17) is 16.6 Å². The van der Waals surface area contributed by atoms with E-state index in [0.29, 0.717) is 31.2 Å². The number of benzene rings is 2. The molecule has 3 aromatic rings. The van der Waals surface area contributed by atoms with Crippen LogP contribution in [0.3, 0.4) is 0 Å². The molecule has 2 fully saturated rings. The summed E-state index contributed by atoms with van der Waals surface area (Å²) in [5, 5.41) is 0.626. The zero-order valence-electron chi connectivity index (χ0n) is 17.1. The molecule has 2 aromatic carbocycles. The fraction of sp³-hybridized carbons (Fsp3) is 0.348. The van der Waals surface area contributed by atoms with Gasteiger partial charge in [-0.25, -0.2) is 4.98 Å². The van der Waals surface area contributed by atoms with E-state index in [1.807, 2.05) is 41.3 Å². The molecule has 1 aromatic heterocycles. The Morgan fingerprint density at radius 3 is 2.65 bits per heavy atom. The molecule has 0 saturated carbocycles. The lowest BCUT2D eigenvalue weighted by Gasteiger charge is -2.24. The van der Waals surface area contributed by atoms with Crippen molar-refractivity contribution >= 4 is 46.1 Å². The van der Waals surface area contributed by atoms with Crippen molar-refractivity contribution in [3.8, 4) is 0 Å². The van der Waals surface area contributed by atoms with E-state index >= 15 is 0 Å². The summed E-state index contributed by atoms with van der Waals surface area (Å²) in [6.45, 7) is 3.29. The molecule has 2 saturated heterocycles. The fourth-order valence-corrected chi connectivity index (χ4v) is 4.57. The average Bonchev–Trinajstić information content (AvgIpc) is 3.29. The second kappa shape index (κ2) is 8.23. The molecule has 0 spiro atoms. The van der Waals surface area contributed by atoms with Crippen LogP contribution in [0.4, 0.5) is 11.6 Å². The Labute approximate surface area is 185 Å². The largest absolute Gasteiger partial charge is 0.341 e. The average molecular weight is 438 g/mol. The van der Waals surface area contributed by atoms with E-state index in [1.165, 1.54) is 0 Å². The third-order valence-electron chi connectivity index (χ3n) is 6.10. The van der Waals surface area contributed by atoms with Crippen LogP contribution in [0.25, 0.3) is 11.0 Å². The number of imidazole rings is 1. The van der Waals surface area contributed by atoms with Gasteiger partial charge in [0.25, 0.3) is 0 Å². The van der Waals surface area contributed by atoms with Gasteiger partial charge in [-0.2, -0.15) is 0 Å². The molecule has 2 amide bonds. The number of carbonyl (C=O) groups is 2. The number of fused-ring (bicyclic) bond motifs is 1. The van der Waals surface area contributed by atoms with Crippen LogP contribution >= 0.6 is 11.6 Å². The molecule has 5 rings (SSSR count). The van der Waals surface area contributed by atoms with Crippen molar-refractivity contribution in [3.05, 3.63) is 53.6 Å². The molecule has 160 valence electrons. The lowest BCUT2D eigenvalue weighted by molar-refractivity contribution is -0.135. The number of halogens is 1. The van der Waals surface area contributed by atoms with E-state index in [-0.39, 0.29) is 24.2 Å². The predicted molar refractivity (Wildman–Crippen MR) is 121 cm³/mol. The van der Waals surface area contributed by atoms with Crippen LogP contribution in [0, 0.1) is 5.92 Å². The first-order chi connectivity index (χ1) is 15.1. The maximum absolute atomic E-state index is 13.2. The summed E-state index contributed by atoms with van der Waals surface area (Å²) >= 11 is 5.95. The van der Waals surface area contributed by atoms with E-state index in [1.54, 1.807) is 17.0 Å². The summed E-state index contributed by atoms with van der Waals surface area (Å²) in [5.74, 6) is 0.594. The summed E-state index contributed by atoms with van der Waals surface area (Å²) < 4.78 is 0. The van der Waals surface area contributed by atoms with Crippen LogP contribution in [-0.2, 0) is 9.59 Å². The van der Waals surface area contributed by atoms with Gasteiger partial charge in [-0.15, -0.1) is 0 Å². The molecule has 31 heavy (non-hydrogen) atoms. The lowest BCUT2D eigenvalue weighted by atomic mass is 10.1. The first-order valence-corrected chi connectivity index (χ1v) is 11.0. The van der Waals surface area contributed by atoms with Gasteiger partial charge in [-0.1, -0.05) is 23.7 Å². The highest BCUT2D eigenvalue weighted by Crippen LogP contribution is 2.28. The first-order valence-electron chi connectivity index (χ1n) is 10.6. The van der Waals surface area contributed by atoms with Crippen molar-refractivity contribution in [1.29, 1.82) is 0 Å². The number of hydrogen-bond acceptors (Lipinski definition) is 4. The monoisotopic (exact) mass is 437 g/mol. The minimum atomic E-state index is -0.305. The van der Waals surface area contributed by atoms with Gasteiger partial charge in [-0.05, 0) is 42.8 Å². The Morgan fingerprint density at radius 1 is 1.03 bits per heavy atom. The number of amides is 2. The quantitative estimate of drug-likeness (QED) is 0.682. The van der Waals surface area contributed by atoms with Crippen LogP contribution in [0.2, 0.25) is 5.02 Å². The molecular formula is C23H24ClN5O2. The molecule has 0 radical (unpaired) electrons. The van der Waals surface area contributed by atoms with Crippen LogP contribution in [0.5, 0.6) is 0 Å². The number of nitrogens with zero attached hydrogens (tertiary/aromatic N) is 4. The van der Waals surface area contributed by atoms with Crippen molar-refractivity contribution in [2.45, 2.75) is 12.8 Å². The highest BCUT2D eigenvalue weighted by molar-refractivity contribution is 6.30. The Hall–Kier alpha value is -3.06. The number of H-pyrrole nitrogens is 1. The minimum Gasteiger partial charge on any atom is -0.341 e. The molecule has 2 aliphatic rings. The second-order valence-electron chi connectivity index (χ2n) is 8.13. The number of anilines is 2. The summed E-state index contributed by atoms with van der Waals surface area (Å²) in [4.78, 5) is 39.6. The minimum absolute atomic E-state index is 0.0144. The second-order valence-corrected chi connectivity index (χ2v) is 8.56.